The Morgan fingerprint density at radius 1 is 1.25 bits per heavy atom. The van der Waals surface area contributed by atoms with Crippen LogP contribution >= 0.6 is 24.0 Å². The van der Waals surface area contributed by atoms with E-state index in [0.29, 0.717) is 38.8 Å². The first-order valence-electron chi connectivity index (χ1n) is 9.08. The summed E-state index contributed by atoms with van der Waals surface area (Å²) in [5.41, 5.74) is -0.187. The Morgan fingerprint density at radius 2 is 1.86 bits per heavy atom. The zero-order valence-corrected chi connectivity index (χ0v) is 18.8. The van der Waals surface area contributed by atoms with E-state index in [4.69, 9.17) is 14.5 Å². The molecule has 1 aromatic carbocycles. The highest BCUT2D eigenvalue weighted by molar-refractivity contribution is 14.0. The van der Waals surface area contributed by atoms with Crippen molar-refractivity contribution < 1.29 is 22.6 Å². The second-order valence-electron chi connectivity index (χ2n) is 6.72. The number of hydrogen-bond acceptors (Lipinski definition) is 3. The molecule has 0 aliphatic carbocycles. The lowest BCUT2D eigenvalue weighted by Crippen LogP contribution is -2.44. The molecule has 0 saturated carbocycles. The van der Waals surface area contributed by atoms with Crippen molar-refractivity contribution in [1.82, 2.24) is 10.2 Å². The lowest BCUT2D eigenvalue weighted by atomic mass is 9.94. The summed E-state index contributed by atoms with van der Waals surface area (Å²) >= 11 is 0. The van der Waals surface area contributed by atoms with Gasteiger partial charge >= 0.3 is 6.18 Å². The number of nitrogens with zero attached hydrogens (tertiary/aromatic N) is 2. The first-order valence-corrected chi connectivity index (χ1v) is 9.08. The summed E-state index contributed by atoms with van der Waals surface area (Å²) in [5.74, 6) is 0.695. The number of benzene rings is 1. The van der Waals surface area contributed by atoms with Crippen LogP contribution in [0.5, 0.6) is 0 Å². The van der Waals surface area contributed by atoms with E-state index in [-0.39, 0.29) is 29.6 Å². The zero-order valence-electron chi connectivity index (χ0n) is 16.5. The molecule has 5 nitrogen and oxygen atoms in total. The van der Waals surface area contributed by atoms with Gasteiger partial charge in [0, 0.05) is 53.3 Å². The summed E-state index contributed by atoms with van der Waals surface area (Å²) in [6, 6.07) is 5.21. The van der Waals surface area contributed by atoms with Gasteiger partial charge in [-0.2, -0.15) is 13.2 Å². The van der Waals surface area contributed by atoms with Gasteiger partial charge in [-0.3, -0.25) is 4.99 Å². The largest absolute Gasteiger partial charge is 0.416 e. The van der Waals surface area contributed by atoms with E-state index in [1.807, 2.05) is 18.9 Å². The number of aliphatic imine (C=N–C) groups is 1. The fourth-order valence-corrected chi connectivity index (χ4v) is 3.01. The molecule has 0 spiro atoms. The molecular formula is C19H29F3IN3O2. The van der Waals surface area contributed by atoms with Crippen molar-refractivity contribution in [1.29, 1.82) is 0 Å². The minimum atomic E-state index is -4.32. The van der Waals surface area contributed by atoms with Crippen LogP contribution in [0.15, 0.2) is 29.3 Å². The average Bonchev–Trinajstić information content (AvgIpc) is 2.65. The van der Waals surface area contributed by atoms with Gasteiger partial charge in [0.15, 0.2) is 5.96 Å². The van der Waals surface area contributed by atoms with Crippen molar-refractivity contribution in [3.63, 3.8) is 0 Å². The molecule has 1 fully saturated rings. The molecule has 160 valence electrons. The van der Waals surface area contributed by atoms with Gasteiger partial charge in [-0.05, 0) is 24.6 Å². The zero-order chi connectivity index (χ0) is 19.9. The third-order valence-electron chi connectivity index (χ3n) is 4.75. The molecule has 1 saturated heterocycles. The van der Waals surface area contributed by atoms with Gasteiger partial charge < -0.3 is 19.7 Å². The number of methoxy groups -OCH3 is 1. The maximum absolute atomic E-state index is 12.7. The van der Waals surface area contributed by atoms with Crippen LogP contribution in [0.3, 0.4) is 0 Å². The van der Waals surface area contributed by atoms with Crippen LogP contribution in [0.4, 0.5) is 13.2 Å². The van der Waals surface area contributed by atoms with Crippen molar-refractivity contribution in [2.75, 3.05) is 40.5 Å². The Hall–Kier alpha value is -1.07. The third kappa shape index (κ3) is 7.07. The second kappa shape index (κ2) is 11.2. The molecule has 1 aliphatic heterocycles. The Bertz CT molecular complexity index is 618. The number of hydrogen-bond donors (Lipinski definition) is 1. The Morgan fingerprint density at radius 3 is 2.36 bits per heavy atom. The minimum Gasteiger partial charge on any atom is -0.381 e. The molecule has 9 heteroatoms. The molecule has 0 radical (unpaired) electrons. The SMILES string of the molecule is CCNC(=NCC1(OC)CCOCC1)N(C)Cc1ccc(C(F)(F)F)cc1.I. The normalized spacial score (nSPS) is 17.0. The number of guanidine groups is 1. The quantitative estimate of drug-likeness (QED) is 0.355. The van der Waals surface area contributed by atoms with Crippen LogP contribution in [0.2, 0.25) is 0 Å². The second-order valence-corrected chi connectivity index (χ2v) is 6.72. The predicted molar refractivity (Wildman–Crippen MR) is 114 cm³/mol. The summed E-state index contributed by atoms with van der Waals surface area (Å²) in [6.45, 7) is 4.93. The van der Waals surface area contributed by atoms with Crippen molar-refractivity contribution in [3.05, 3.63) is 35.4 Å². The molecule has 1 aromatic rings. The predicted octanol–water partition coefficient (Wildman–Crippen LogP) is 3.92. The van der Waals surface area contributed by atoms with E-state index in [9.17, 15) is 13.2 Å². The highest BCUT2D eigenvalue weighted by atomic mass is 127. The maximum Gasteiger partial charge on any atom is 0.416 e. The minimum absolute atomic E-state index is 0. The molecule has 1 N–H and O–H groups in total. The van der Waals surface area contributed by atoms with Gasteiger partial charge in [0.05, 0.1) is 17.7 Å². The van der Waals surface area contributed by atoms with Gasteiger partial charge in [0.25, 0.3) is 0 Å². The van der Waals surface area contributed by atoms with E-state index >= 15 is 0 Å². The van der Waals surface area contributed by atoms with Crippen LogP contribution in [-0.2, 0) is 22.2 Å². The third-order valence-corrected chi connectivity index (χ3v) is 4.75. The average molecular weight is 515 g/mol. The molecule has 0 atom stereocenters. The van der Waals surface area contributed by atoms with Crippen molar-refractivity contribution in [2.45, 2.75) is 38.1 Å². The summed E-state index contributed by atoms with van der Waals surface area (Å²) in [5, 5.41) is 3.23. The number of ether oxygens (including phenoxy) is 2. The van der Waals surface area contributed by atoms with Crippen LogP contribution in [0.25, 0.3) is 0 Å². The summed E-state index contributed by atoms with van der Waals surface area (Å²) < 4.78 is 49.2. The van der Waals surface area contributed by atoms with Crippen LogP contribution < -0.4 is 5.32 Å². The van der Waals surface area contributed by atoms with E-state index < -0.39 is 11.7 Å². The van der Waals surface area contributed by atoms with Gasteiger partial charge in [0.2, 0.25) is 0 Å². The molecule has 0 unspecified atom stereocenters. The first kappa shape index (κ1) is 25.0. The van der Waals surface area contributed by atoms with Gasteiger partial charge in [-0.25, -0.2) is 0 Å². The lowest BCUT2D eigenvalue weighted by Gasteiger charge is -2.35. The maximum atomic E-state index is 12.7. The molecule has 0 bridgehead atoms. The summed E-state index contributed by atoms with van der Waals surface area (Å²) in [7, 11) is 3.56. The molecule has 2 rings (SSSR count). The number of nitrogens with one attached hydrogen (secondary N) is 1. The lowest BCUT2D eigenvalue weighted by molar-refractivity contribution is -0.137. The van der Waals surface area contributed by atoms with E-state index in [1.165, 1.54) is 12.1 Å². The van der Waals surface area contributed by atoms with Gasteiger partial charge in [-0.1, -0.05) is 12.1 Å². The van der Waals surface area contributed by atoms with Crippen LogP contribution in [0.1, 0.15) is 30.9 Å². The molecule has 28 heavy (non-hydrogen) atoms. The fraction of sp³-hybridized carbons (Fsp3) is 0.632. The monoisotopic (exact) mass is 515 g/mol. The summed E-state index contributed by atoms with van der Waals surface area (Å²) in [6.07, 6.45) is -2.75. The van der Waals surface area contributed by atoms with E-state index in [0.717, 1.165) is 30.5 Å². The molecule has 1 aliphatic rings. The van der Waals surface area contributed by atoms with Crippen molar-refractivity contribution >= 4 is 29.9 Å². The molecule has 0 amide bonds. The molecular weight excluding hydrogens is 486 g/mol. The number of rotatable bonds is 6. The Labute approximate surface area is 181 Å². The molecule has 0 aromatic heterocycles. The topological polar surface area (TPSA) is 46.1 Å². The number of halogens is 4. The Balaban J connectivity index is 0.00000392. The fourth-order valence-electron chi connectivity index (χ4n) is 3.01. The Kier molecular flexibility index (Phi) is 9.99. The highest BCUT2D eigenvalue weighted by Gasteiger charge is 2.32. The first-order chi connectivity index (χ1) is 12.8. The van der Waals surface area contributed by atoms with Crippen LogP contribution in [0, 0.1) is 0 Å². The highest BCUT2D eigenvalue weighted by Crippen LogP contribution is 2.29. The van der Waals surface area contributed by atoms with Gasteiger partial charge in [0.1, 0.15) is 0 Å². The van der Waals surface area contributed by atoms with Gasteiger partial charge in [-0.15, -0.1) is 24.0 Å². The smallest absolute Gasteiger partial charge is 0.381 e. The standard InChI is InChI=1S/C19H28F3N3O2.HI/c1-4-23-17(24-14-18(26-3)9-11-27-12-10-18)25(2)13-15-5-7-16(8-6-15)19(20,21)22;/h5-8H,4,9-14H2,1-3H3,(H,23,24);1H. The summed E-state index contributed by atoms with van der Waals surface area (Å²) in [4.78, 5) is 6.60. The molecule has 1 heterocycles. The van der Waals surface area contributed by atoms with E-state index in [2.05, 4.69) is 5.32 Å². The van der Waals surface area contributed by atoms with E-state index in [1.54, 1.807) is 7.11 Å². The number of alkyl halides is 3. The van der Waals surface area contributed by atoms with Crippen LogP contribution in [-0.4, -0.2) is 56.9 Å². The van der Waals surface area contributed by atoms with Crippen molar-refractivity contribution in [3.8, 4) is 0 Å². The van der Waals surface area contributed by atoms with Crippen molar-refractivity contribution in [2.24, 2.45) is 4.99 Å².